The molecule has 7 nitrogen and oxygen atoms in total. The summed E-state index contributed by atoms with van der Waals surface area (Å²) in [6.45, 7) is 3.21. The van der Waals surface area contributed by atoms with Gasteiger partial charge >= 0.3 is 0 Å². The topological polar surface area (TPSA) is 83.7 Å². The van der Waals surface area contributed by atoms with Gasteiger partial charge in [-0.25, -0.2) is 13.4 Å². The molecule has 3 rings (SSSR count). The van der Waals surface area contributed by atoms with E-state index in [0.717, 1.165) is 17.8 Å². The Morgan fingerprint density at radius 2 is 2.15 bits per heavy atom. The van der Waals surface area contributed by atoms with Crippen molar-refractivity contribution in [1.82, 2.24) is 14.8 Å². The number of thiazole rings is 1. The lowest BCUT2D eigenvalue weighted by molar-refractivity contribution is 0.0684. The third-order valence-electron chi connectivity index (χ3n) is 4.65. The van der Waals surface area contributed by atoms with Gasteiger partial charge in [0.05, 0.1) is 17.8 Å². The molecule has 1 aliphatic rings. The van der Waals surface area contributed by atoms with Crippen LogP contribution in [-0.2, 0) is 9.84 Å². The molecule has 0 N–H and O–H groups in total. The van der Waals surface area contributed by atoms with Crippen LogP contribution in [0.2, 0.25) is 0 Å². The number of furan rings is 1. The van der Waals surface area contributed by atoms with Gasteiger partial charge in [0, 0.05) is 17.5 Å². The van der Waals surface area contributed by atoms with E-state index < -0.39 is 9.84 Å². The van der Waals surface area contributed by atoms with E-state index in [1.807, 2.05) is 27.1 Å². The first-order chi connectivity index (χ1) is 12.8. The molecule has 1 saturated heterocycles. The van der Waals surface area contributed by atoms with E-state index in [1.165, 1.54) is 11.3 Å². The molecule has 0 aromatic carbocycles. The van der Waals surface area contributed by atoms with Crippen molar-refractivity contribution in [1.29, 1.82) is 0 Å². The second-order valence-electron chi connectivity index (χ2n) is 7.11. The smallest absolute Gasteiger partial charge is 0.273 e. The van der Waals surface area contributed by atoms with Crippen molar-refractivity contribution in [3.8, 4) is 10.8 Å². The number of aryl methyl sites for hydroxylation is 1. The molecule has 0 bridgehead atoms. The highest BCUT2D eigenvalue weighted by Crippen LogP contribution is 2.29. The van der Waals surface area contributed by atoms with E-state index in [0.29, 0.717) is 29.4 Å². The van der Waals surface area contributed by atoms with Crippen molar-refractivity contribution in [2.45, 2.75) is 25.8 Å². The number of sulfone groups is 1. The predicted octanol–water partition coefficient (Wildman–Crippen LogP) is 2.29. The van der Waals surface area contributed by atoms with Crippen LogP contribution in [0.5, 0.6) is 0 Å². The van der Waals surface area contributed by atoms with Crippen LogP contribution in [0.15, 0.2) is 22.8 Å². The van der Waals surface area contributed by atoms with Gasteiger partial charge in [-0.3, -0.25) is 4.79 Å². The number of amides is 1. The molecule has 0 aliphatic carbocycles. The molecule has 0 saturated carbocycles. The van der Waals surface area contributed by atoms with Gasteiger partial charge in [0.1, 0.15) is 5.69 Å². The van der Waals surface area contributed by atoms with Gasteiger partial charge in [0.25, 0.3) is 5.91 Å². The summed E-state index contributed by atoms with van der Waals surface area (Å²) in [6.07, 6.45) is 2.85. The molecule has 2 aromatic heterocycles. The fourth-order valence-electron chi connectivity index (χ4n) is 3.26. The molecule has 2 aromatic rings. The van der Waals surface area contributed by atoms with E-state index in [4.69, 9.17) is 4.42 Å². The van der Waals surface area contributed by atoms with Gasteiger partial charge in [0.2, 0.25) is 0 Å². The Morgan fingerprint density at radius 3 is 2.74 bits per heavy atom. The highest BCUT2D eigenvalue weighted by atomic mass is 32.2. The summed E-state index contributed by atoms with van der Waals surface area (Å²) >= 11 is 1.41. The highest BCUT2D eigenvalue weighted by molar-refractivity contribution is 7.91. The Morgan fingerprint density at radius 1 is 1.37 bits per heavy atom. The maximum Gasteiger partial charge on any atom is 0.273 e. The van der Waals surface area contributed by atoms with Crippen molar-refractivity contribution in [2.24, 2.45) is 0 Å². The summed E-state index contributed by atoms with van der Waals surface area (Å²) < 4.78 is 29.3. The molecule has 148 valence electrons. The number of carbonyl (C=O) groups is 1. The fraction of sp³-hybridized carbons (Fsp3) is 0.556. The third kappa shape index (κ3) is 4.77. The average Bonchev–Trinajstić information content (AvgIpc) is 3.30. The van der Waals surface area contributed by atoms with Crippen molar-refractivity contribution in [3.05, 3.63) is 29.0 Å². The first kappa shape index (κ1) is 20.0. The lowest BCUT2D eigenvalue weighted by Gasteiger charge is -2.28. The average molecular weight is 412 g/mol. The van der Waals surface area contributed by atoms with E-state index in [-0.39, 0.29) is 23.5 Å². The zero-order valence-corrected chi connectivity index (χ0v) is 17.5. The number of nitrogens with zero attached hydrogens (tertiary/aromatic N) is 3. The first-order valence-corrected chi connectivity index (χ1v) is 11.6. The highest BCUT2D eigenvalue weighted by Gasteiger charge is 2.36. The number of carbonyl (C=O) groups excluding carboxylic acids is 1. The summed E-state index contributed by atoms with van der Waals surface area (Å²) in [7, 11) is 0.882. The van der Waals surface area contributed by atoms with Crippen LogP contribution in [0, 0.1) is 6.92 Å². The summed E-state index contributed by atoms with van der Waals surface area (Å²) in [6, 6.07) is 3.31. The zero-order chi connectivity index (χ0) is 19.6. The van der Waals surface area contributed by atoms with Gasteiger partial charge in [-0.05, 0) is 52.5 Å². The molecule has 0 spiro atoms. The Labute approximate surface area is 163 Å². The largest absolute Gasteiger partial charge is 0.462 e. The van der Waals surface area contributed by atoms with Gasteiger partial charge in [-0.1, -0.05) is 0 Å². The van der Waals surface area contributed by atoms with Gasteiger partial charge in [0.15, 0.2) is 20.6 Å². The summed E-state index contributed by atoms with van der Waals surface area (Å²) in [5, 5.41) is 0.660. The SMILES string of the molecule is Cc1sc(-c2ccco2)nc1C(=O)N(CCCN(C)C)C1CCS(=O)(=O)C1. The van der Waals surface area contributed by atoms with Crippen molar-refractivity contribution < 1.29 is 17.6 Å². The van der Waals surface area contributed by atoms with Gasteiger partial charge in [-0.15, -0.1) is 11.3 Å². The van der Waals surface area contributed by atoms with Crippen LogP contribution >= 0.6 is 11.3 Å². The number of aromatic nitrogens is 1. The summed E-state index contributed by atoms with van der Waals surface area (Å²) in [5.74, 6) is 0.616. The quantitative estimate of drug-likeness (QED) is 0.695. The van der Waals surface area contributed by atoms with Crippen LogP contribution < -0.4 is 0 Å². The van der Waals surface area contributed by atoms with Crippen molar-refractivity contribution in [3.63, 3.8) is 0 Å². The number of hydrogen-bond donors (Lipinski definition) is 0. The minimum atomic E-state index is -3.08. The minimum absolute atomic E-state index is 0.0366. The van der Waals surface area contributed by atoms with Crippen LogP contribution in [0.1, 0.15) is 28.2 Å². The van der Waals surface area contributed by atoms with Crippen molar-refractivity contribution >= 4 is 27.1 Å². The lowest BCUT2D eigenvalue weighted by Crippen LogP contribution is -2.42. The monoisotopic (exact) mass is 411 g/mol. The third-order valence-corrected chi connectivity index (χ3v) is 7.38. The maximum absolute atomic E-state index is 13.3. The van der Waals surface area contributed by atoms with Gasteiger partial charge < -0.3 is 14.2 Å². The summed E-state index contributed by atoms with van der Waals surface area (Å²) in [5.41, 5.74) is 0.389. The number of rotatable bonds is 7. The van der Waals surface area contributed by atoms with Crippen LogP contribution in [0.3, 0.4) is 0 Å². The Kier molecular flexibility index (Phi) is 6.02. The second kappa shape index (κ2) is 8.12. The molecule has 27 heavy (non-hydrogen) atoms. The van der Waals surface area contributed by atoms with Crippen LogP contribution in [-0.4, -0.2) is 73.8 Å². The fourth-order valence-corrected chi connectivity index (χ4v) is 5.87. The Balaban J connectivity index is 1.84. The van der Waals surface area contributed by atoms with E-state index in [9.17, 15) is 13.2 Å². The number of hydrogen-bond acceptors (Lipinski definition) is 7. The molecule has 3 heterocycles. The molecule has 0 radical (unpaired) electrons. The standard InChI is InChI=1S/C18H25N3O4S2/c1-13-16(19-17(26-13)15-6-4-10-25-15)18(22)21(9-5-8-20(2)3)14-7-11-27(23,24)12-14/h4,6,10,14H,5,7-9,11-12H2,1-3H3. The molecule has 9 heteroatoms. The molecule has 1 aliphatic heterocycles. The van der Waals surface area contributed by atoms with Gasteiger partial charge in [-0.2, -0.15) is 0 Å². The van der Waals surface area contributed by atoms with Crippen LogP contribution in [0.4, 0.5) is 0 Å². The lowest BCUT2D eigenvalue weighted by atomic mass is 10.2. The molecular formula is C18H25N3O4S2. The first-order valence-electron chi connectivity index (χ1n) is 8.94. The van der Waals surface area contributed by atoms with E-state index in [2.05, 4.69) is 9.88 Å². The molecule has 1 amide bonds. The Hall–Kier alpha value is -1.71. The minimum Gasteiger partial charge on any atom is -0.462 e. The zero-order valence-electron chi connectivity index (χ0n) is 15.8. The van der Waals surface area contributed by atoms with E-state index >= 15 is 0 Å². The maximum atomic E-state index is 13.3. The molecule has 1 atom stereocenters. The molecule has 1 fully saturated rings. The molecular weight excluding hydrogens is 386 g/mol. The van der Waals surface area contributed by atoms with Crippen LogP contribution in [0.25, 0.3) is 10.8 Å². The summed E-state index contributed by atoms with van der Waals surface area (Å²) in [4.78, 5) is 22.3. The van der Waals surface area contributed by atoms with Crippen molar-refractivity contribution in [2.75, 3.05) is 38.7 Å². The normalized spacial score (nSPS) is 18.9. The second-order valence-corrected chi connectivity index (χ2v) is 10.5. The molecule has 1 unspecified atom stereocenters. The predicted molar refractivity (Wildman–Crippen MR) is 106 cm³/mol. The Bertz CT molecular complexity index is 888. The van der Waals surface area contributed by atoms with E-state index in [1.54, 1.807) is 17.2 Å².